The Morgan fingerprint density at radius 1 is 1.38 bits per heavy atom. The molecule has 0 saturated heterocycles. The van der Waals surface area contributed by atoms with Crippen LogP contribution in [0.4, 0.5) is 0 Å². The van der Waals surface area contributed by atoms with Gasteiger partial charge >= 0.3 is 0 Å². The Hall–Kier alpha value is -0.960. The van der Waals surface area contributed by atoms with E-state index < -0.39 is 0 Å². The predicted octanol–water partition coefficient (Wildman–Crippen LogP) is 3.82. The van der Waals surface area contributed by atoms with E-state index in [9.17, 15) is 0 Å². The summed E-state index contributed by atoms with van der Waals surface area (Å²) in [4.78, 5) is 0. The minimum atomic E-state index is 0.406. The van der Waals surface area contributed by atoms with Crippen LogP contribution in [0.25, 0.3) is 0 Å². The van der Waals surface area contributed by atoms with Gasteiger partial charge in [-0.15, -0.1) is 11.8 Å². The number of thioether (sulfide) groups is 1. The lowest BCUT2D eigenvalue weighted by Crippen LogP contribution is -2.02. The van der Waals surface area contributed by atoms with E-state index in [0.29, 0.717) is 11.0 Å². The maximum atomic E-state index is 7.91. The Bertz CT molecular complexity index is 399. The molecule has 0 fully saturated rings. The highest BCUT2D eigenvalue weighted by molar-refractivity contribution is 8.13. The fourth-order valence-electron chi connectivity index (χ4n) is 1.68. The Morgan fingerprint density at radius 3 is 2.44 bits per heavy atom. The van der Waals surface area contributed by atoms with Crippen LogP contribution in [0.3, 0.4) is 0 Å². The van der Waals surface area contributed by atoms with Gasteiger partial charge in [0.25, 0.3) is 0 Å². The molecule has 16 heavy (non-hydrogen) atoms. The molecule has 0 unspecified atom stereocenters. The standard InChI is InChI=1S/C13H19NOS/c1-8(2)10-7-11(13(14)16-5)9(3)6-12(10)15-4/h6-8,14H,1-5H3. The van der Waals surface area contributed by atoms with Crippen molar-refractivity contribution in [2.75, 3.05) is 13.4 Å². The summed E-state index contributed by atoms with van der Waals surface area (Å²) < 4.78 is 5.38. The molecule has 0 heterocycles. The average Bonchev–Trinajstić information content (AvgIpc) is 2.27. The van der Waals surface area contributed by atoms with Gasteiger partial charge in [0.1, 0.15) is 5.75 Å². The zero-order valence-electron chi connectivity index (χ0n) is 10.5. The third-order valence-electron chi connectivity index (χ3n) is 2.65. The Labute approximate surface area is 102 Å². The van der Waals surface area contributed by atoms with Crippen molar-refractivity contribution in [3.8, 4) is 5.75 Å². The lowest BCUT2D eigenvalue weighted by molar-refractivity contribution is 0.407. The molecule has 0 bridgehead atoms. The summed E-state index contributed by atoms with van der Waals surface area (Å²) in [5.74, 6) is 1.33. The van der Waals surface area contributed by atoms with Crippen molar-refractivity contribution in [3.05, 3.63) is 28.8 Å². The van der Waals surface area contributed by atoms with E-state index in [1.807, 2.05) is 19.2 Å². The largest absolute Gasteiger partial charge is 0.496 e. The molecular formula is C13H19NOS. The van der Waals surface area contributed by atoms with E-state index in [2.05, 4.69) is 19.9 Å². The number of hydrogen-bond donors (Lipinski definition) is 1. The van der Waals surface area contributed by atoms with Gasteiger partial charge in [-0.1, -0.05) is 13.8 Å². The second-order valence-electron chi connectivity index (χ2n) is 4.10. The molecule has 0 aliphatic heterocycles. The number of ether oxygens (including phenoxy) is 1. The summed E-state index contributed by atoms with van der Waals surface area (Å²) >= 11 is 1.47. The van der Waals surface area contributed by atoms with Crippen molar-refractivity contribution < 1.29 is 4.74 Å². The minimum Gasteiger partial charge on any atom is -0.496 e. The number of hydrogen-bond acceptors (Lipinski definition) is 3. The highest BCUT2D eigenvalue weighted by Gasteiger charge is 2.13. The molecule has 1 N–H and O–H groups in total. The van der Waals surface area contributed by atoms with Gasteiger partial charge in [0.2, 0.25) is 0 Å². The second-order valence-corrected chi connectivity index (χ2v) is 4.91. The van der Waals surface area contributed by atoms with Crippen LogP contribution in [0, 0.1) is 12.3 Å². The van der Waals surface area contributed by atoms with E-state index >= 15 is 0 Å². The molecule has 0 radical (unpaired) electrons. The van der Waals surface area contributed by atoms with Crippen molar-refractivity contribution in [2.45, 2.75) is 26.7 Å². The van der Waals surface area contributed by atoms with Crippen molar-refractivity contribution >= 4 is 16.8 Å². The number of rotatable bonds is 3. The van der Waals surface area contributed by atoms with E-state index in [4.69, 9.17) is 10.1 Å². The lowest BCUT2D eigenvalue weighted by Gasteiger charge is -2.15. The first kappa shape index (κ1) is 13.1. The van der Waals surface area contributed by atoms with Gasteiger partial charge in [0.05, 0.1) is 12.2 Å². The van der Waals surface area contributed by atoms with E-state index in [0.717, 1.165) is 16.9 Å². The molecule has 0 aromatic heterocycles. The molecule has 1 aromatic carbocycles. The average molecular weight is 237 g/mol. The summed E-state index contributed by atoms with van der Waals surface area (Å²) in [6.45, 7) is 6.30. The zero-order valence-corrected chi connectivity index (χ0v) is 11.4. The molecule has 1 rings (SSSR count). The van der Waals surface area contributed by atoms with Gasteiger partial charge < -0.3 is 4.74 Å². The molecule has 0 aliphatic rings. The third kappa shape index (κ3) is 2.59. The van der Waals surface area contributed by atoms with Crippen LogP contribution in [-0.2, 0) is 0 Å². The summed E-state index contributed by atoms with van der Waals surface area (Å²) in [6, 6.07) is 4.10. The first-order chi connectivity index (χ1) is 7.51. The van der Waals surface area contributed by atoms with E-state index in [1.165, 1.54) is 17.3 Å². The third-order valence-corrected chi connectivity index (χ3v) is 3.28. The van der Waals surface area contributed by atoms with Gasteiger partial charge in [-0.3, -0.25) is 5.41 Å². The van der Waals surface area contributed by atoms with Crippen LogP contribution in [0.15, 0.2) is 12.1 Å². The topological polar surface area (TPSA) is 33.1 Å². The highest BCUT2D eigenvalue weighted by atomic mass is 32.2. The summed E-state index contributed by atoms with van der Waals surface area (Å²) in [5, 5.41) is 8.52. The number of methoxy groups -OCH3 is 1. The van der Waals surface area contributed by atoms with E-state index in [-0.39, 0.29) is 0 Å². The molecule has 0 atom stereocenters. The molecule has 0 spiro atoms. The van der Waals surface area contributed by atoms with Crippen molar-refractivity contribution in [1.82, 2.24) is 0 Å². The molecule has 88 valence electrons. The van der Waals surface area contributed by atoms with Crippen LogP contribution < -0.4 is 4.74 Å². The number of aryl methyl sites for hydroxylation is 1. The maximum absolute atomic E-state index is 7.91. The van der Waals surface area contributed by atoms with Crippen molar-refractivity contribution in [2.24, 2.45) is 0 Å². The molecule has 3 heteroatoms. The summed E-state index contributed by atoms with van der Waals surface area (Å²) in [5.41, 5.74) is 3.28. The van der Waals surface area contributed by atoms with Gasteiger partial charge in [-0.25, -0.2) is 0 Å². The minimum absolute atomic E-state index is 0.406. The monoisotopic (exact) mass is 237 g/mol. The van der Waals surface area contributed by atoms with Crippen LogP contribution in [-0.4, -0.2) is 18.4 Å². The van der Waals surface area contributed by atoms with Gasteiger partial charge in [-0.05, 0) is 42.4 Å². The number of benzene rings is 1. The normalized spacial score (nSPS) is 10.6. The molecular weight excluding hydrogens is 218 g/mol. The first-order valence-electron chi connectivity index (χ1n) is 5.32. The second kappa shape index (κ2) is 5.39. The fraction of sp³-hybridized carbons (Fsp3) is 0.462. The molecule has 0 amide bonds. The smallest absolute Gasteiger partial charge is 0.122 e. The Balaban J connectivity index is 3.33. The van der Waals surface area contributed by atoms with Crippen LogP contribution in [0.5, 0.6) is 5.75 Å². The van der Waals surface area contributed by atoms with Gasteiger partial charge in [-0.2, -0.15) is 0 Å². The van der Waals surface area contributed by atoms with E-state index in [1.54, 1.807) is 7.11 Å². The van der Waals surface area contributed by atoms with Gasteiger partial charge in [0.15, 0.2) is 0 Å². The van der Waals surface area contributed by atoms with Crippen LogP contribution in [0.2, 0.25) is 0 Å². The Morgan fingerprint density at radius 2 is 2.00 bits per heavy atom. The zero-order chi connectivity index (χ0) is 12.3. The summed E-state index contributed by atoms with van der Waals surface area (Å²) in [6.07, 6.45) is 1.93. The molecule has 1 aromatic rings. The maximum Gasteiger partial charge on any atom is 0.122 e. The van der Waals surface area contributed by atoms with Crippen LogP contribution >= 0.6 is 11.8 Å². The molecule has 0 aliphatic carbocycles. The van der Waals surface area contributed by atoms with Crippen LogP contribution in [0.1, 0.15) is 36.5 Å². The van der Waals surface area contributed by atoms with Crippen molar-refractivity contribution in [3.63, 3.8) is 0 Å². The predicted molar refractivity (Wildman–Crippen MR) is 72.2 cm³/mol. The van der Waals surface area contributed by atoms with Gasteiger partial charge in [0, 0.05) is 5.56 Å². The lowest BCUT2D eigenvalue weighted by atomic mass is 9.97. The first-order valence-corrected chi connectivity index (χ1v) is 6.55. The number of nitrogens with one attached hydrogen (secondary N) is 1. The Kier molecular flexibility index (Phi) is 4.42. The quantitative estimate of drug-likeness (QED) is 0.640. The highest BCUT2D eigenvalue weighted by Crippen LogP contribution is 2.30. The molecule has 0 saturated carbocycles. The van der Waals surface area contributed by atoms with Crippen molar-refractivity contribution in [1.29, 1.82) is 5.41 Å². The SMILES string of the molecule is COc1cc(C)c(C(=N)SC)cc1C(C)C. The molecule has 2 nitrogen and oxygen atoms in total. The fourth-order valence-corrected chi connectivity index (χ4v) is 2.12. The summed E-state index contributed by atoms with van der Waals surface area (Å²) in [7, 11) is 1.69.